The molecule has 0 bridgehead atoms. The van der Waals surface area contributed by atoms with Crippen molar-refractivity contribution < 1.29 is 0 Å². The maximum atomic E-state index is 6.17. The Balaban J connectivity index is 1.73. The van der Waals surface area contributed by atoms with Gasteiger partial charge in [0, 0.05) is 29.9 Å². The van der Waals surface area contributed by atoms with Gasteiger partial charge in [-0.3, -0.25) is 0 Å². The minimum atomic E-state index is 0.369. The smallest absolute Gasteiger partial charge is 0.0429 e. The quantitative estimate of drug-likeness (QED) is 0.639. The molecule has 0 spiro atoms. The van der Waals surface area contributed by atoms with E-state index >= 15 is 0 Å². The summed E-state index contributed by atoms with van der Waals surface area (Å²) in [6.45, 7) is 12.0. The molecular formula is C24H31ClN2. The van der Waals surface area contributed by atoms with Crippen molar-refractivity contribution in [3.63, 3.8) is 0 Å². The van der Waals surface area contributed by atoms with Crippen molar-refractivity contribution in [2.24, 2.45) is 5.92 Å². The monoisotopic (exact) mass is 382 g/mol. The zero-order valence-electron chi connectivity index (χ0n) is 16.5. The summed E-state index contributed by atoms with van der Waals surface area (Å²) in [7, 11) is 0. The zero-order valence-corrected chi connectivity index (χ0v) is 17.3. The summed E-state index contributed by atoms with van der Waals surface area (Å²) in [5, 5.41) is 4.44. The van der Waals surface area contributed by atoms with Gasteiger partial charge in [0.05, 0.1) is 0 Å². The number of halogens is 1. The molecule has 2 atom stereocenters. The van der Waals surface area contributed by atoms with E-state index in [0.717, 1.165) is 31.1 Å². The highest BCUT2D eigenvalue weighted by Gasteiger charge is 2.22. The fraction of sp³-hybridized carbons (Fsp3) is 0.417. The first-order chi connectivity index (χ1) is 13.0. The number of hydrogen-bond donors (Lipinski definition) is 1. The maximum Gasteiger partial charge on any atom is 0.0429 e. The van der Waals surface area contributed by atoms with Crippen LogP contribution >= 0.6 is 11.6 Å². The van der Waals surface area contributed by atoms with Crippen LogP contribution in [0.4, 0.5) is 0 Å². The van der Waals surface area contributed by atoms with Gasteiger partial charge in [-0.2, -0.15) is 0 Å². The highest BCUT2D eigenvalue weighted by atomic mass is 35.5. The molecule has 27 heavy (non-hydrogen) atoms. The topological polar surface area (TPSA) is 15.3 Å². The molecule has 1 unspecified atom stereocenters. The third-order valence-electron chi connectivity index (χ3n) is 5.63. The van der Waals surface area contributed by atoms with E-state index in [0.29, 0.717) is 12.0 Å². The second-order valence-corrected chi connectivity index (χ2v) is 8.26. The Kier molecular flexibility index (Phi) is 6.98. The first kappa shape index (κ1) is 20.0. The SMILES string of the molecule is C=C(C(C)Cc1cccc(Cl)c1)N(Cc1ccccc1C)C[C@H]1CCCN1. The summed E-state index contributed by atoms with van der Waals surface area (Å²) in [5.74, 6) is 0.369. The van der Waals surface area contributed by atoms with Gasteiger partial charge in [-0.25, -0.2) is 0 Å². The predicted octanol–water partition coefficient (Wildman–Crippen LogP) is 5.59. The van der Waals surface area contributed by atoms with Gasteiger partial charge < -0.3 is 10.2 Å². The van der Waals surface area contributed by atoms with Crippen molar-refractivity contribution in [1.82, 2.24) is 10.2 Å². The number of nitrogens with one attached hydrogen (secondary N) is 1. The van der Waals surface area contributed by atoms with Gasteiger partial charge in [-0.15, -0.1) is 0 Å². The van der Waals surface area contributed by atoms with Crippen molar-refractivity contribution in [2.45, 2.75) is 45.7 Å². The molecule has 1 aliphatic heterocycles. The predicted molar refractivity (Wildman–Crippen MR) is 116 cm³/mol. The molecule has 1 heterocycles. The number of benzene rings is 2. The molecule has 1 fully saturated rings. The Morgan fingerprint density at radius 1 is 1.26 bits per heavy atom. The van der Waals surface area contributed by atoms with Crippen LogP contribution in [0.2, 0.25) is 5.02 Å². The number of hydrogen-bond acceptors (Lipinski definition) is 2. The van der Waals surface area contributed by atoms with Crippen molar-refractivity contribution in [1.29, 1.82) is 0 Å². The lowest BCUT2D eigenvalue weighted by atomic mass is 9.96. The molecule has 2 nitrogen and oxygen atoms in total. The number of allylic oxidation sites excluding steroid dienone is 1. The van der Waals surface area contributed by atoms with Crippen LogP contribution in [0, 0.1) is 12.8 Å². The van der Waals surface area contributed by atoms with Gasteiger partial charge in [0.25, 0.3) is 0 Å². The fourth-order valence-electron chi connectivity index (χ4n) is 3.90. The Morgan fingerprint density at radius 3 is 2.78 bits per heavy atom. The molecule has 1 saturated heterocycles. The summed E-state index contributed by atoms with van der Waals surface area (Å²) in [4.78, 5) is 2.49. The lowest BCUT2D eigenvalue weighted by Crippen LogP contribution is -2.38. The van der Waals surface area contributed by atoms with E-state index in [-0.39, 0.29) is 0 Å². The Labute approximate surface area is 169 Å². The van der Waals surface area contributed by atoms with Gasteiger partial charge in [-0.1, -0.05) is 61.5 Å². The molecule has 0 radical (unpaired) electrons. The highest BCUT2D eigenvalue weighted by molar-refractivity contribution is 6.30. The molecule has 1 N–H and O–H groups in total. The van der Waals surface area contributed by atoms with Crippen LogP contribution in [0.5, 0.6) is 0 Å². The minimum Gasteiger partial charge on any atom is -0.369 e. The molecule has 144 valence electrons. The average Bonchev–Trinajstić information content (AvgIpc) is 3.15. The van der Waals surface area contributed by atoms with Gasteiger partial charge in [0.15, 0.2) is 0 Å². The van der Waals surface area contributed by atoms with Crippen molar-refractivity contribution >= 4 is 11.6 Å². The Morgan fingerprint density at radius 2 is 2.07 bits per heavy atom. The van der Waals surface area contributed by atoms with E-state index in [1.165, 1.54) is 35.2 Å². The first-order valence-corrected chi connectivity index (χ1v) is 10.4. The van der Waals surface area contributed by atoms with E-state index < -0.39 is 0 Å². The van der Waals surface area contributed by atoms with Crippen molar-refractivity contribution in [3.05, 3.63) is 82.5 Å². The molecule has 3 rings (SSSR count). The van der Waals surface area contributed by atoms with Gasteiger partial charge in [-0.05, 0) is 67.5 Å². The molecule has 0 aliphatic carbocycles. The average molecular weight is 383 g/mol. The first-order valence-electron chi connectivity index (χ1n) is 9.99. The fourth-order valence-corrected chi connectivity index (χ4v) is 4.11. The molecule has 0 amide bonds. The molecular weight excluding hydrogens is 352 g/mol. The van der Waals surface area contributed by atoms with E-state index in [1.807, 2.05) is 12.1 Å². The van der Waals surface area contributed by atoms with Crippen LogP contribution in [0.3, 0.4) is 0 Å². The van der Waals surface area contributed by atoms with E-state index in [1.54, 1.807) is 0 Å². The Bertz CT molecular complexity index is 764. The molecule has 0 saturated carbocycles. The second kappa shape index (κ2) is 9.43. The standard InChI is InChI=1S/C24H31ClN2/c1-18-8-4-5-10-22(18)16-27(17-24-12-7-13-26-24)20(3)19(2)14-21-9-6-11-23(25)15-21/h4-6,8-11,15,19,24,26H,3,7,12-14,16-17H2,1-2H3/t19?,24-/m1/s1. The minimum absolute atomic E-state index is 0.369. The van der Waals surface area contributed by atoms with Crippen LogP contribution in [-0.4, -0.2) is 24.0 Å². The largest absolute Gasteiger partial charge is 0.369 e. The van der Waals surface area contributed by atoms with Crippen LogP contribution < -0.4 is 5.32 Å². The second-order valence-electron chi connectivity index (χ2n) is 7.83. The van der Waals surface area contributed by atoms with Crippen LogP contribution in [-0.2, 0) is 13.0 Å². The van der Waals surface area contributed by atoms with Crippen LogP contribution in [0.25, 0.3) is 0 Å². The van der Waals surface area contributed by atoms with Crippen molar-refractivity contribution in [3.8, 4) is 0 Å². The van der Waals surface area contributed by atoms with Crippen LogP contribution in [0.15, 0.2) is 60.8 Å². The summed E-state index contributed by atoms with van der Waals surface area (Å²) in [5.41, 5.74) is 5.21. The Hall–Kier alpha value is -1.77. The number of nitrogens with zero attached hydrogens (tertiary/aromatic N) is 1. The van der Waals surface area contributed by atoms with E-state index in [4.69, 9.17) is 11.6 Å². The molecule has 2 aromatic carbocycles. The van der Waals surface area contributed by atoms with Crippen molar-refractivity contribution in [2.75, 3.05) is 13.1 Å². The lowest BCUT2D eigenvalue weighted by Gasteiger charge is -2.33. The highest BCUT2D eigenvalue weighted by Crippen LogP contribution is 2.24. The summed E-state index contributed by atoms with van der Waals surface area (Å²) in [6, 6.07) is 17.4. The number of rotatable bonds is 8. The lowest BCUT2D eigenvalue weighted by molar-refractivity contribution is 0.273. The third-order valence-corrected chi connectivity index (χ3v) is 5.87. The van der Waals surface area contributed by atoms with Gasteiger partial charge in [0.2, 0.25) is 0 Å². The van der Waals surface area contributed by atoms with E-state index in [2.05, 4.69) is 67.0 Å². The third kappa shape index (κ3) is 5.60. The summed E-state index contributed by atoms with van der Waals surface area (Å²) >= 11 is 6.17. The molecule has 3 heteroatoms. The van der Waals surface area contributed by atoms with Gasteiger partial charge >= 0.3 is 0 Å². The molecule has 2 aromatic rings. The normalized spacial score (nSPS) is 17.7. The maximum absolute atomic E-state index is 6.17. The zero-order chi connectivity index (χ0) is 19.2. The van der Waals surface area contributed by atoms with E-state index in [9.17, 15) is 0 Å². The number of aryl methyl sites for hydroxylation is 1. The molecule has 1 aliphatic rings. The van der Waals surface area contributed by atoms with Gasteiger partial charge in [0.1, 0.15) is 0 Å². The molecule has 0 aromatic heterocycles. The summed E-state index contributed by atoms with van der Waals surface area (Å²) < 4.78 is 0. The van der Waals surface area contributed by atoms with Crippen LogP contribution in [0.1, 0.15) is 36.5 Å². The summed E-state index contributed by atoms with van der Waals surface area (Å²) in [6.07, 6.45) is 3.48.